The molecule has 0 saturated carbocycles. The Morgan fingerprint density at radius 2 is 1.96 bits per heavy atom. The Balaban J connectivity index is 1.43. The second-order valence-corrected chi connectivity index (χ2v) is 9.15. The lowest BCUT2D eigenvalue weighted by molar-refractivity contribution is 0.174. The van der Waals surface area contributed by atoms with Crippen LogP contribution < -0.4 is 4.74 Å². The SMILES string of the molecule is COc1ccc(CCN2CCC(CN(C)S(=O)(=O)c3cn[nH]c3)CC2)cc1. The second kappa shape index (κ2) is 8.86. The van der Waals surface area contributed by atoms with E-state index in [1.165, 1.54) is 22.3 Å². The van der Waals surface area contributed by atoms with Crippen LogP contribution in [0.3, 0.4) is 0 Å². The molecule has 1 aliphatic rings. The van der Waals surface area contributed by atoms with Gasteiger partial charge in [-0.1, -0.05) is 12.1 Å². The summed E-state index contributed by atoms with van der Waals surface area (Å²) in [5.41, 5.74) is 1.31. The molecule has 0 unspecified atom stereocenters. The van der Waals surface area contributed by atoms with Gasteiger partial charge in [0.25, 0.3) is 0 Å². The molecule has 27 heavy (non-hydrogen) atoms. The zero-order chi connectivity index (χ0) is 19.3. The van der Waals surface area contributed by atoms with E-state index in [0.717, 1.165) is 44.6 Å². The van der Waals surface area contributed by atoms with E-state index in [0.29, 0.717) is 12.5 Å². The topological polar surface area (TPSA) is 78.5 Å². The van der Waals surface area contributed by atoms with Crippen molar-refractivity contribution in [2.45, 2.75) is 24.2 Å². The Hall–Kier alpha value is -1.90. The molecule has 1 aromatic heterocycles. The average Bonchev–Trinajstić information content (AvgIpc) is 3.23. The minimum absolute atomic E-state index is 0.224. The first-order chi connectivity index (χ1) is 13.0. The molecule has 0 bridgehead atoms. The number of nitrogens with one attached hydrogen (secondary N) is 1. The summed E-state index contributed by atoms with van der Waals surface area (Å²) >= 11 is 0. The van der Waals surface area contributed by atoms with Gasteiger partial charge in [0.15, 0.2) is 0 Å². The number of likely N-dealkylation sites (tertiary alicyclic amines) is 1. The third-order valence-electron chi connectivity index (χ3n) is 5.28. The predicted octanol–water partition coefficient (Wildman–Crippen LogP) is 1.99. The van der Waals surface area contributed by atoms with Crippen LogP contribution in [0.15, 0.2) is 41.6 Å². The van der Waals surface area contributed by atoms with Gasteiger partial charge >= 0.3 is 0 Å². The van der Waals surface area contributed by atoms with E-state index < -0.39 is 10.0 Å². The summed E-state index contributed by atoms with van der Waals surface area (Å²) in [7, 11) is -0.116. The van der Waals surface area contributed by atoms with Crippen LogP contribution >= 0.6 is 0 Å². The fourth-order valence-electron chi connectivity index (χ4n) is 3.49. The van der Waals surface area contributed by atoms with E-state index in [1.54, 1.807) is 14.2 Å². The molecule has 2 aromatic rings. The number of methoxy groups -OCH3 is 1. The number of nitrogens with zero attached hydrogens (tertiary/aromatic N) is 3. The number of benzene rings is 1. The van der Waals surface area contributed by atoms with Gasteiger partial charge in [0.2, 0.25) is 10.0 Å². The van der Waals surface area contributed by atoms with Crippen molar-refractivity contribution in [1.82, 2.24) is 19.4 Å². The Kier molecular flexibility index (Phi) is 6.51. The van der Waals surface area contributed by atoms with Gasteiger partial charge in [0, 0.05) is 26.3 Å². The van der Waals surface area contributed by atoms with Gasteiger partial charge in [0.05, 0.1) is 13.3 Å². The van der Waals surface area contributed by atoms with Crippen LogP contribution in [-0.4, -0.2) is 68.2 Å². The van der Waals surface area contributed by atoms with Crippen molar-refractivity contribution in [2.75, 3.05) is 40.3 Å². The van der Waals surface area contributed by atoms with Crippen molar-refractivity contribution >= 4 is 10.0 Å². The fraction of sp³-hybridized carbons (Fsp3) is 0.526. The first-order valence-corrected chi connectivity index (χ1v) is 10.7. The third kappa shape index (κ3) is 5.09. The number of hydrogen-bond acceptors (Lipinski definition) is 5. The van der Waals surface area contributed by atoms with Gasteiger partial charge in [-0.15, -0.1) is 0 Å². The van der Waals surface area contributed by atoms with Crippen LogP contribution in [0.1, 0.15) is 18.4 Å². The lowest BCUT2D eigenvalue weighted by atomic mass is 9.96. The summed E-state index contributed by atoms with van der Waals surface area (Å²) in [4.78, 5) is 2.69. The molecule has 0 atom stereocenters. The molecule has 0 amide bonds. The maximum absolute atomic E-state index is 12.5. The van der Waals surface area contributed by atoms with Gasteiger partial charge in [0.1, 0.15) is 10.6 Å². The fourth-order valence-corrected chi connectivity index (χ4v) is 4.65. The first kappa shape index (κ1) is 19.9. The second-order valence-electron chi connectivity index (χ2n) is 7.10. The summed E-state index contributed by atoms with van der Waals surface area (Å²) in [6, 6.07) is 8.22. The Morgan fingerprint density at radius 3 is 2.56 bits per heavy atom. The zero-order valence-corrected chi connectivity index (χ0v) is 16.8. The summed E-state index contributed by atoms with van der Waals surface area (Å²) < 4.78 is 31.6. The monoisotopic (exact) mass is 392 g/mol. The van der Waals surface area contributed by atoms with E-state index in [1.807, 2.05) is 12.1 Å². The highest BCUT2D eigenvalue weighted by Crippen LogP contribution is 2.21. The smallest absolute Gasteiger partial charge is 0.245 e. The number of piperidine rings is 1. The largest absolute Gasteiger partial charge is 0.497 e. The number of ether oxygens (including phenoxy) is 1. The Labute approximate surface area is 161 Å². The number of aromatic nitrogens is 2. The van der Waals surface area contributed by atoms with Gasteiger partial charge in [-0.3, -0.25) is 5.10 Å². The molecule has 8 heteroatoms. The molecular formula is C19H28N4O3S. The van der Waals surface area contributed by atoms with Crippen molar-refractivity contribution in [1.29, 1.82) is 0 Å². The number of H-pyrrole nitrogens is 1. The Bertz CT molecular complexity index is 798. The lowest BCUT2D eigenvalue weighted by Gasteiger charge is -2.33. The molecule has 1 aliphatic heterocycles. The number of hydrogen-bond donors (Lipinski definition) is 1. The number of sulfonamides is 1. The van der Waals surface area contributed by atoms with Crippen LogP contribution in [0.4, 0.5) is 0 Å². The summed E-state index contributed by atoms with van der Waals surface area (Å²) in [5, 5.41) is 6.30. The highest BCUT2D eigenvalue weighted by atomic mass is 32.2. The normalized spacial score (nSPS) is 16.7. The first-order valence-electron chi connectivity index (χ1n) is 9.29. The number of aromatic amines is 1. The summed E-state index contributed by atoms with van der Waals surface area (Å²) in [6.45, 7) is 3.61. The minimum atomic E-state index is -3.44. The van der Waals surface area contributed by atoms with E-state index in [9.17, 15) is 8.42 Å². The summed E-state index contributed by atoms with van der Waals surface area (Å²) in [6.07, 6.45) is 5.84. The van der Waals surface area contributed by atoms with Crippen LogP contribution in [0.2, 0.25) is 0 Å². The molecule has 7 nitrogen and oxygen atoms in total. The van der Waals surface area contributed by atoms with Crippen molar-refractivity contribution in [3.63, 3.8) is 0 Å². The van der Waals surface area contributed by atoms with Gasteiger partial charge in [-0.2, -0.15) is 5.10 Å². The van der Waals surface area contributed by atoms with Crippen molar-refractivity contribution in [3.8, 4) is 5.75 Å². The minimum Gasteiger partial charge on any atom is -0.497 e. The van der Waals surface area contributed by atoms with Gasteiger partial charge in [-0.05, 0) is 56.0 Å². The Morgan fingerprint density at radius 1 is 1.26 bits per heavy atom. The van der Waals surface area contributed by atoms with E-state index in [2.05, 4.69) is 27.2 Å². The maximum Gasteiger partial charge on any atom is 0.245 e. The molecule has 0 aliphatic carbocycles. The highest BCUT2D eigenvalue weighted by Gasteiger charge is 2.26. The molecule has 2 heterocycles. The molecule has 3 rings (SSSR count). The molecule has 0 radical (unpaired) electrons. The van der Waals surface area contributed by atoms with Crippen molar-refractivity contribution in [2.24, 2.45) is 5.92 Å². The molecule has 1 N–H and O–H groups in total. The molecule has 148 valence electrons. The van der Waals surface area contributed by atoms with Crippen molar-refractivity contribution < 1.29 is 13.2 Å². The van der Waals surface area contributed by atoms with Crippen LogP contribution in [-0.2, 0) is 16.4 Å². The van der Waals surface area contributed by atoms with Crippen LogP contribution in [0.25, 0.3) is 0 Å². The van der Waals surface area contributed by atoms with Crippen LogP contribution in [0.5, 0.6) is 5.75 Å². The van der Waals surface area contributed by atoms with Crippen LogP contribution in [0, 0.1) is 5.92 Å². The third-order valence-corrected chi connectivity index (χ3v) is 7.07. The number of rotatable bonds is 8. The molecule has 0 spiro atoms. The molecule has 1 saturated heterocycles. The predicted molar refractivity (Wildman–Crippen MR) is 104 cm³/mol. The maximum atomic E-state index is 12.5. The molecular weight excluding hydrogens is 364 g/mol. The average molecular weight is 393 g/mol. The lowest BCUT2D eigenvalue weighted by Crippen LogP contribution is -2.40. The molecule has 1 aromatic carbocycles. The van der Waals surface area contributed by atoms with Gasteiger partial charge < -0.3 is 9.64 Å². The standard InChI is InChI=1S/C19H28N4O3S/c1-22(27(24,25)19-13-20-21-14-19)15-17-8-11-23(12-9-17)10-7-16-3-5-18(26-2)6-4-16/h3-6,13-14,17H,7-12,15H2,1-2H3,(H,20,21). The quantitative estimate of drug-likeness (QED) is 0.743. The van der Waals surface area contributed by atoms with E-state index >= 15 is 0 Å². The molecule has 1 fully saturated rings. The highest BCUT2D eigenvalue weighted by molar-refractivity contribution is 7.89. The zero-order valence-electron chi connectivity index (χ0n) is 16.0. The van der Waals surface area contributed by atoms with E-state index in [-0.39, 0.29) is 4.90 Å². The van der Waals surface area contributed by atoms with E-state index in [4.69, 9.17) is 4.74 Å². The van der Waals surface area contributed by atoms with Crippen molar-refractivity contribution in [3.05, 3.63) is 42.2 Å². The van der Waals surface area contributed by atoms with Gasteiger partial charge in [-0.25, -0.2) is 12.7 Å². The summed E-state index contributed by atoms with van der Waals surface area (Å²) in [5.74, 6) is 1.28.